The van der Waals surface area contributed by atoms with E-state index >= 15 is 0 Å². The molecule has 0 fully saturated rings. The zero-order chi connectivity index (χ0) is 18.4. The lowest BCUT2D eigenvalue weighted by Gasteiger charge is -2.17. The Labute approximate surface area is 147 Å². The second kappa shape index (κ2) is 8.50. The first kappa shape index (κ1) is 18.8. The summed E-state index contributed by atoms with van der Waals surface area (Å²) in [6.45, 7) is 6.77. The molecule has 2 rings (SSSR count). The highest BCUT2D eigenvalue weighted by atomic mass is 16.5. The zero-order valence-corrected chi connectivity index (χ0v) is 15.2. The number of amides is 1. The van der Waals surface area contributed by atoms with E-state index < -0.39 is 0 Å². The maximum absolute atomic E-state index is 12.9. The van der Waals surface area contributed by atoms with Gasteiger partial charge in [0, 0.05) is 19.8 Å². The number of imidazole rings is 1. The summed E-state index contributed by atoms with van der Waals surface area (Å²) in [5, 5.41) is 0. The van der Waals surface area contributed by atoms with Crippen molar-refractivity contribution >= 4 is 17.5 Å². The van der Waals surface area contributed by atoms with Crippen molar-refractivity contribution in [2.24, 2.45) is 0 Å². The molecule has 0 bridgehead atoms. The van der Waals surface area contributed by atoms with Gasteiger partial charge in [-0.25, -0.2) is 4.98 Å². The highest BCUT2D eigenvalue weighted by Gasteiger charge is 2.23. The quantitative estimate of drug-likeness (QED) is 0.685. The zero-order valence-electron chi connectivity index (χ0n) is 15.2. The average Bonchev–Trinajstić information content (AvgIpc) is 2.99. The molecule has 0 aromatic carbocycles. The molecule has 0 radical (unpaired) electrons. The van der Waals surface area contributed by atoms with Crippen molar-refractivity contribution in [3.8, 4) is 5.75 Å². The molecule has 0 aliphatic carbocycles. The molecule has 7 heteroatoms. The second-order valence-corrected chi connectivity index (χ2v) is 5.54. The molecule has 0 aliphatic rings. The molecule has 0 saturated heterocycles. The predicted molar refractivity (Wildman–Crippen MR) is 93.9 cm³/mol. The second-order valence-electron chi connectivity index (χ2n) is 5.54. The molecule has 136 valence electrons. The molecule has 2 heterocycles. The van der Waals surface area contributed by atoms with Crippen LogP contribution < -0.4 is 4.74 Å². The molecular formula is C18H25N3O4. The molecule has 25 heavy (non-hydrogen) atoms. The molecule has 0 saturated carbocycles. The van der Waals surface area contributed by atoms with Crippen LogP contribution in [0.5, 0.6) is 5.75 Å². The number of carbonyl (C=O) groups is 2. The number of ether oxygens (including phenoxy) is 2. The summed E-state index contributed by atoms with van der Waals surface area (Å²) in [7, 11) is 1.67. The number of aryl methyl sites for hydroxylation is 1. The summed E-state index contributed by atoms with van der Waals surface area (Å²) in [6, 6.07) is 3.67. The number of aromatic nitrogens is 2. The maximum Gasteiger partial charge on any atom is 0.307 e. The summed E-state index contributed by atoms with van der Waals surface area (Å²) >= 11 is 0. The van der Waals surface area contributed by atoms with Gasteiger partial charge < -0.3 is 14.4 Å². The maximum atomic E-state index is 12.9. The first-order valence-electron chi connectivity index (χ1n) is 8.57. The largest absolute Gasteiger partial charge is 0.490 e. The van der Waals surface area contributed by atoms with Crippen molar-refractivity contribution < 1.29 is 19.1 Å². The van der Waals surface area contributed by atoms with Gasteiger partial charge in [-0.1, -0.05) is 6.92 Å². The minimum Gasteiger partial charge on any atom is -0.490 e. The van der Waals surface area contributed by atoms with Gasteiger partial charge >= 0.3 is 5.97 Å². The molecule has 0 N–H and O–H groups in total. The van der Waals surface area contributed by atoms with Gasteiger partial charge in [0.25, 0.3) is 5.91 Å². The van der Waals surface area contributed by atoms with Crippen LogP contribution in [0.15, 0.2) is 18.3 Å². The summed E-state index contributed by atoms with van der Waals surface area (Å²) < 4.78 is 12.3. The normalized spacial score (nSPS) is 10.7. The lowest BCUT2D eigenvalue weighted by molar-refractivity contribution is -0.143. The average molecular weight is 347 g/mol. The van der Waals surface area contributed by atoms with Crippen molar-refractivity contribution in [2.75, 3.05) is 26.8 Å². The number of rotatable bonds is 8. The van der Waals surface area contributed by atoms with E-state index in [9.17, 15) is 9.59 Å². The van der Waals surface area contributed by atoms with Crippen LogP contribution in [0.1, 0.15) is 43.4 Å². The van der Waals surface area contributed by atoms with Gasteiger partial charge in [0.15, 0.2) is 11.4 Å². The smallest absolute Gasteiger partial charge is 0.307 e. The molecular weight excluding hydrogens is 322 g/mol. The third-order valence-electron chi connectivity index (χ3n) is 3.83. The minimum atomic E-state index is -0.311. The number of fused-ring (bicyclic) bond motifs is 1. The summed E-state index contributed by atoms with van der Waals surface area (Å²) in [4.78, 5) is 30.5. The Bertz CT molecular complexity index is 754. The van der Waals surface area contributed by atoms with E-state index in [0.29, 0.717) is 49.0 Å². The van der Waals surface area contributed by atoms with E-state index in [1.54, 1.807) is 24.6 Å². The molecule has 0 spiro atoms. The van der Waals surface area contributed by atoms with E-state index in [-0.39, 0.29) is 18.3 Å². The van der Waals surface area contributed by atoms with Crippen LogP contribution in [0.2, 0.25) is 0 Å². The van der Waals surface area contributed by atoms with Crippen LogP contribution in [0.3, 0.4) is 0 Å². The molecule has 2 aromatic rings. The first-order chi connectivity index (χ1) is 12.0. The molecule has 0 unspecified atom stereocenters. The number of esters is 1. The topological polar surface area (TPSA) is 73.1 Å². The Hall–Kier alpha value is -2.57. The fourth-order valence-corrected chi connectivity index (χ4v) is 2.61. The van der Waals surface area contributed by atoms with Gasteiger partial charge in [-0.2, -0.15) is 0 Å². The Morgan fingerprint density at radius 1 is 1.24 bits per heavy atom. The third kappa shape index (κ3) is 4.10. The van der Waals surface area contributed by atoms with E-state index in [1.165, 1.54) is 4.90 Å². The molecule has 2 aromatic heterocycles. The van der Waals surface area contributed by atoms with Crippen molar-refractivity contribution in [3.05, 3.63) is 29.7 Å². The lowest BCUT2D eigenvalue weighted by Crippen LogP contribution is -2.31. The SMILES string of the molecule is CCOC(=O)CCN(C)C(=O)c1c(CC)nc2c(OCC)cccn12. The summed E-state index contributed by atoms with van der Waals surface area (Å²) in [6.07, 6.45) is 2.59. The van der Waals surface area contributed by atoms with Gasteiger partial charge in [-0.05, 0) is 32.4 Å². The Morgan fingerprint density at radius 2 is 2.00 bits per heavy atom. The van der Waals surface area contributed by atoms with Crippen LogP contribution in [-0.4, -0.2) is 53.0 Å². The summed E-state index contributed by atoms with van der Waals surface area (Å²) in [5.74, 6) is 0.157. The Balaban J connectivity index is 2.30. The minimum absolute atomic E-state index is 0.165. The van der Waals surface area contributed by atoms with Gasteiger partial charge in [0.2, 0.25) is 0 Å². The number of hydrogen-bond donors (Lipinski definition) is 0. The molecule has 1 amide bonds. The van der Waals surface area contributed by atoms with Crippen LogP contribution in [-0.2, 0) is 16.0 Å². The number of nitrogens with zero attached hydrogens (tertiary/aromatic N) is 3. The van der Waals surface area contributed by atoms with E-state index in [1.807, 2.05) is 26.0 Å². The lowest BCUT2D eigenvalue weighted by atomic mass is 10.2. The predicted octanol–water partition coefficient (Wildman–Crippen LogP) is 2.32. The fourth-order valence-electron chi connectivity index (χ4n) is 2.61. The highest BCUT2D eigenvalue weighted by Crippen LogP contribution is 2.23. The first-order valence-corrected chi connectivity index (χ1v) is 8.57. The standard InChI is InChI=1S/C18H25N3O4/c1-5-13-16(18(23)20(4)12-10-15(22)25-7-3)21-11-8-9-14(24-6-2)17(21)19-13/h8-9,11H,5-7,10,12H2,1-4H3. The van der Waals surface area contributed by atoms with Crippen LogP contribution >= 0.6 is 0 Å². The van der Waals surface area contributed by atoms with E-state index in [0.717, 1.165) is 0 Å². The van der Waals surface area contributed by atoms with Crippen molar-refractivity contribution in [1.29, 1.82) is 0 Å². The number of pyridine rings is 1. The van der Waals surface area contributed by atoms with Gasteiger partial charge in [0.1, 0.15) is 5.69 Å². The third-order valence-corrected chi connectivity index (χ3v) is 3.83. The number of hydrogen-bond acceptors (Lipinski definition) is 5. The van der Waals surface area contributed by atoms with Crippen molar-refractivity contribution in [3.63, 3.8) is 0 Å². The Morgan fingerprint density at radius 3 is 2.64 bits per heavy atom. The number of carbonyl (C=O) groups excluding carboxylic acids is 2. The van der Waals surface area contributed by atoms with Gasteiger partial charge in [0.05, 0.1) is 25.3 Å². The molecule has 7 nitrogen and oxygen atoms in total. The molecule has 0 aliphatic heterocycles. The van der Waals surface area contributed by atoms with E-state index in [4.69, 9.17) is 9.47 Å². The van der Waals surface area contributed by atoms with Crippen molar-refractivity contribution in [1.82, 2.24) is 14.3 Å². The van der Waals surface area contributed by atoms with Crippen LogP contribution in [0.4, 0.5) is 0 Å². The van der Waals surface area contributed by atoms with Crippen LogP contribution in [0, 0.1) is 0 Å². The van der Waals surface area contributed by atoms with Gasteiger partial charge in [-0.15, -0.1) is 0 Å². The summed E-state index contributed by atoms with van der Waals surface area (Å²) in [5.41, 5.74) is 1.84. The van der Waals surface area contributed by atoms with Crippen molar-refractivity contribution in [2.45, 2.75) is 33.6 Å². The van der Waals surface area contributed by atoms with Gasteiger partial charge in [-0.3, -0.25) is 14.0 Å². The fraction of sp³-hybridized carbons (Fsp3) is 0.500. The Kier molecular flexibility index (Phi) is 6.38. The van der Waals surface area contributed by atoms with E-state index in [2.05, 4.69) is 4.98 Å². The monoisotopic (exact) mass is 347 g/mol. The molecule has 0 atom stereocenters. The van der Waals surface area contributed by atoms with Crippen LogP contribution in [0.25, 0.3) is 5.65 Å². The highest BCUT2D eigenvalue weighted by molar-refractivity contribution is 5.95.